The number of aliphatic hydroxyl groups excluding tert-OH is 2. The number of aromatic nitrogens is 2. The average Bonchev–Trinajstić information content (AvgIpc) is 2.80. The molecular formula is C12H17IN2O7. The highest BCUT2D eigenvalue weighted by atomic mass is 127. The molecule has 0 aromatic carbocycles. The highest BCUT2D eigenvalue weighted by Gasteiger charge is 2.45. The largest absolute Gasteiger partial charge is 0.394 e. The number of halogens is 1. The summed E-state index contributed by atoms with van der Waals surface area (Å²) in [6, 6.07) is 0. The summed E-state index contributed by atoms with van der Waals surface area (Å²) in [7, 11) is 1.51. The summed E-state index contributed by atoms with van der Waals surface area (Å²) in [5, 5.41) is 19.4. The Bertz CT molecular complexity index is 616. The van der Waals surface area contributed by atoms with Crippen molar-refractivity contribution >= 4 is 22.6 Å². The van der Waals surface area contributed by atoms with Gasteiger partial charge in [-0.2, -0.15) is 0 Å². The second-order valence-corrected chi connectivity index (χ2v) is 5.87. The Morgan fingerprint density at radius 1 is 1.45 bits per heavy atom. The van der Waals surface area contributed by atoms with Gasteiger partial charge in [-0.25, -0.2) is 4.79 Å². The quantitative estimate of drug-likeness (QED) is 0.370. The summed E-state index contributed by atoms with van der Waals surface area (Å²) in [6.45, 7) is 0.0697. The first-order chi connectivity index (χ1) is 10.5. The predicted octanol–water partition coefficient (Wildman–Crippen LogP) is -1.58. The summed E-state index contributed by atoms with van der Waals surface area (Å²) in [6.07, 6.45) is -2.49. The summed E-state index contributed by atoms with van der Waals surface area (Å²) < 4.78 is 17.3. The number of aromatic amines is 1. The molecule has 1 aromatic heterocycles. The smallest absolute Gasteiger partial charge is 0.330 e. The van der Waals surface area contributed by atoms with Gasteiger partial charge in [0.2, 0.25) is 0 Å². The van der Waals surface area contributed by atoms with E-state index >= 15 is 0 Å². The molecule has 10 heteroatoms. The molecule has 0 aliphatic carbocycles. The SMILES string of the molecule is COCCO[C@@H]1[C@H](O)[C@@H](CO)O[C@H]1n1cc(I)c(=O)[nH]c1=O. The molecule has 22 heavy (non-hydrogen) atoms. The Labute approximate surface area is 139 Å². The number of aliphatic hydroxyl groups is 2. The highest BCUT2D eigenvalue weighted by molar-refractivity contribution is 14.1. The number of nitrogens with zero attached hydrogens (tertiary/aromatic N) is 1. The molecule has 9 nitrogen and oxygen atoms in total. The van der Waals surface area contributed by atoms with Crippen LogP contribution in [0.25, 0.3) is 0 Å². The van der Waals surface area contributed by atoms with Crippen molar-refractivity contribution in [1.29, 1.82) is 0 Å². The molecule has 3 N–H and O–H groups in total. The van der Waals surface area contributed by atoms with Crippen molar-refractivity contribution in [3.05, 3.63) is 30.6 Å². The van der Waals surface area contributed by atoms with Crippen LogP contribution in [0.5, 0.6) is 0 Å². The molecule has 1 aromatic rings. The Balaban J connectivity index is 2.31. The number of nitrogens with one attached hydrogen (secondary N) is 1. The van der Waals surface area contributed by atoms with E-state index in [4.69, 9.17) is 14.2 Å². The van der Waals surface area contributed by atoms with E-state index in [2.05, 4.69) is 4.98 Å². The van der Waals surface area contributed by atoms with Crippen LogP contribution in [0.2, 0.25) is 0 Å². The molecule has 0 radical (unpaired) electrons. The van der Waals surface area contributed by atoms with Crippen LogP contribution in [-0.4, -0.2) is 65.0 Å². The Morgan fingerprint density at radius 3 is 2.82 bits per heavy atom. The first-order valence-corrected chi connectivity index (χ1v) is 7.63. The zero-order chi connectivity index (χ0) is 16.3. The lowest BCUT2D eigenvalue weighted by Gasteiger charge is -2.22. The molecule has 4 atom stereocenters. The summed E-state index contributed by atoms with van der Waals surface area (Å²) in [5.74, 6) is 0. The van der Waals surface area contributed by atoms with Crippen LogP contribution in [0, 0.1) is 3.57 Å². The molecule has 124 valence electrons. The van der Waals surface area contributed by atoms with Crippen molar-refractivity contribution in [3.63, 3.8) is 0 Å². The molecule has 0 spiro atoms. The van der Waals surface area contributed by atoms with Crippen LogP contribution in [0.3, 0.4) is 0 Å². The second kappa shape index (κ2) is 7.66. The number of hydrogen-bond donors (Lipinski definition) is 3. The second-order valence-electron chi connectivity index (χ2n) is 4.71. The third kappa shape index (κ3) is 3.58. The van der Waals surface area contributed by atoms with E-state index in [1.165, 1.54) is 13.3 Å². The molecule has 1 saturated heterocycles. The molecule has 2 rings (SSSR count). The van der Waals surface area contributed by atoms with E-state index < -0.39 is 42.4 Å². The fourth-order valence-electron chi connectivity index (χ4n) is 2.19. The van der Waals surface area contributed by atoms with E-state index in [1.807, 2.05) is 0 Å². The molecule has 1 aliphatic heterocycles. The van der Waals surface area contributed by atoms with E-state index in [1.54, 1.807) is 22.6 Å². The fourth-order valence-corrected chi connectivity index (χ4v) is 2.63. The van der Waals surface area contributed by atoms with Gasteiger partial charge >= 0.3 is 5.69 Å². The van der Waals surface area contributed by atoms with Gasteiger partial charge in [0.25, 0.3) is 5.56 Å². The zero-order valence-corrected chi connectivity index (χ0v) is 13.9. The fraction of sp³-hybridized carbons (Fsp3) is 0.667. The maximum atomic E-state index is 12.0. The monoisotopic (exact) mass is 428 g/mol. The molecule has 1 fully saturated rings. The minimum absolute atomic E-state index is 0.186. The van der Waals surface area contributed by atoms with Gasteiger partial charge in [-0.3, -0.25) is 14.3 Å². The minimum atomic E-state index is -1.11. The lowest BCUT2D eigenvalue weighted by atomic mass is 10.1. The lowest BCUT2D eigenvalue weighted by molar-refractivity contribution is -0.0820. The maximum absolute atomic E-state index is 12.0. The van der Waals surface area contributed by atoms with Crippen molar-refractivity contribution in [1.82, 2.24) is 9.55 Å². The first-order valence-electron chi connectivity index (χ1n) is 6.55. The number of rotatable bonds is 6. The standard InChI is InChI=1S/C12H17IN2O7/c1-20-2-3-21-9-8(17)7(5-16)22-11(9)15-4-6(13)10(18)14-12(15)19/h4,7-9,11,16-17H,2-3,5H2,1H3,(H,14,18,19)/t7-,8-,9-,11-/m1/s1. The Kier molecular flexibility index (Phi) is 6.11. The summed E-state index contributed by atoms with van der Waals surface area (Å²) in [4.78, 5) is 25.5. The van der Waals surface area contributed by atoms with Crippen molar-refractivity contribution < 1.29 is 24.4 Å². The number of ether oxygens (including phenoxy) is 3. The summed E-state index contributed by atoms with van der Waals surface area (Å²) >= 11 is 1.78. The molecule has 0 saturated carbocycles. The van der Waals surface area contributed by atoms with Crippen LogP contribution in [0.4, 0.5) is 0 Å². The number of H-pyrrole nitrogens is 1. The summed E-state index contributed by atoms with van der Waals surface area (Å²) in [5.41, 5.74) is -1.18. The molecule has 2 heterocycles. The lowest BCUT2D eigenvalue weighted by Crippen LogP contribution is -2.40. The van der Waals surface area contributed by atoms with E-state index in [0.29, 0.717) is 10.2 Å². The van der Waals surface area contributed by atoms with Crippen LogP contribution in [-0.2, 0) is 14.2 Å². The maximum Gasteiger partial charge on any atom is 0.330 e. The van der Waals surface area contributed by atoms with Gasteiger partial charge in [0.1, 0.15) is 18.3 Å². The van der Waals surface area contributed by atoms with Gasteiger partial charge in [-0.1, -0.05) is 0 Å². The number of hydrogen-bond acceptors (Lipinski definition) is 7. The Hall–Kier alpha value is -0.790. The van der Waals surface area contributed by atoms with Crippen LogP contribution in [0.15, 0.2) is 15.8 Å². The van der Waals surface area contributed by atoms with Gasteiger partial charge in [0.15, 0.2) is 6.23 Å². The normalized spacial score (nSPS) is 28.2. The third-order valence-corrected chi connectivity index (χ3v) is 4.06. The van der Waals surface area contributed by atoms with Gasteiger partial charge in [0.05, 0.1) is 23.4 Å². The van der Waals surface area contributed by atoms with Crippen molar-refractivity contribution in [2.75, 3.05) is 26.9 Å². The highest BCUT2D eigenvalue weighted by Crippen LogP contribution is 2.30. The van der Waals surface area contributed by atoms with Gasteiger partial charge in [-0.05, 0) is 22.6 Å². The van der Waals surface area contributed by atoms with Crippen molar-refractivity contribution in [3.8, 4) is 0 Å². The van der Waals surface area contributed by atoms with Gasteiger partial charge in [-0.15, -0.1) is 0 Å². The van der Waals surface area contributed by atoms with Gasteiger partial charge in [0, 0.05) is 13.3 Å². The minimum Gasteiger partial charge on any atom is -0.394 e. The number of methoxy groups -OCH3 is 1. The average molecular weight is 428 g/mol. The van der Waals surface area contributed by atoms with Gasteiger partial charge < -0.3 is 24.4 Å². The third-order valence-electron chi connectivity index (χ3n) is 3.29. The zero-order valence-electron chi connectivity index (χ0n) is 11.8. The molecule has 1 aliphatic rings. The van der Waals surface area contributed by atoms with Crippen LogP contribution >= 0.6 is 22.6 Å². The Morgan fingerprint density at radius 2 is 2.18 bits per heavy atom. The van der Waals surface area contributed by atoms with Crippen molar-refractivity contribution in [2.24, 2.45) is 0 Å². The van der Waals surface area contributed by atoms with Crippen LogP contribution in [0.1, 0.15) is 6.23 Å². The molecular weight excluding hydrogens is 411 g/mol. The topological polar surface area (TPSA) is 123 Å². The van der Waals surface area contributed by atoms with E-state index in [0.717, 1.165) is 4.57 Å². The molecule has 0 amide bonds. The van der Waals surface area contributed by atoms with Crippen molar-refractivity contribution in [2.45, 2.75) is 24.5 Å². The van der Waals surface area contributed by atoms with E-state index in [9.17, 15) is 19.8 Å². The van der Waals surface area contributed by atoms with Crippen LogP contribution < -0.4 is 11.2 Å². The van der Waals surface area contributed by atoms with E-state index in [-0.39, 0.29) is 6.61 Å². The molecule has 0 bridgehead atoms. The molecule has 0 unspecified atom stereocenters. The first kappa shape index (κ1) is 17.6. The predicted molar refractivity (Wildman–Crippen MR) is 82.7 cm³/mol.